The van der Waals surface area contributed by atoms with Gasteiger partial charge in [-0.2, -0.15) is 0 Å². The molecule has 0 aliphatic carbocycles. The molecule has 1 aliphatic rings. The van der Waals surface area contributed by atoms with Crippen molar-refractivity contribution in [1.29, 1.82) is 0 Å². The molecule has 0 aromatic rings. The summed E-state index contributed by atoms with van der Waals surface area (Å²) in [5.74, 6) is 0.901. The molecule has 1 heterocycles. The first-order chi connectivity index (χ1) is 12.2. The van der Waals surface area contributed by atoms with Gasteiger partial charge in [-0.1, -0.05) is 13.8 Å². The molecule has 3 N–H and O–H groups in total. The molecule has 0 aromatic heterocycles. The number of nitrogens with one attached hydrogen (secondary N) is 2. The minimum Gasteiger partial charge on any atom is -0.396 e. The molecule has 6 nitrogen and oxygen atoms in total. The summed E-state index contributed by atoms with van der Waals surface area (Å²) in [6.45, 7) is 14.3. The van der Waals surface area contributed by atoms with Crippen LogP contribution in [0.3, 0.4) is 0 Å². The smallest absolute Gasteiger partial charge is 0.191 e. The van der Waals surface area contributed by atoms with Gasteiger partial charge in [-0.15, -0.1) is 0 Å². The van der Waals surface area contributed by atoms with Crippen LogP contribution in [0.15, 0.2) is 4.99 Å². The van der Waals surface area contributed by atoms with Gasteiger partial charge < -0.3 is 20.5 Å². The van der Waals surface area contributed by atoms with Crippen LogP contribution in [0.25, 0.3) is 0 Å². The van der Waals surface area contributed by atoms with E-state index in [1.54, 1.807) is 0 Å². The Hall–Kier alpha value is -0.850. The third kappa shape index (κ3) is 8.88. The van der Waals surface area contributed by atoms with Gasteiger partial charge in [-0.25, -0.2) is 0 Å². The highest BCUT2D eigenvalue weighted by molar-refractivity contribution is 5.79. The number of nitrogens with zero attached hydrogens (tertiary/aromatic N) is 2. The summed E-state index contributed by atoms with van der Waals surface area (Å²) in [5.41, 5.74) is 0.118. The molecule has 0 radical (unpaired) electrons. The van der Waals surface area contributed by atoms with Crippen LogP contribution < -0.4 is 10.6 Å². The monoisotopic (exact) mass is 356 g/mol. The zero-order valence-corrected chi connectivity index (χ0v) is 16.6. The fourth-order valence-corrected chi connectivity index (χ4v) is 3.22. The normalized spacial score (nSPS) is 16.9. The number of aliphatic imine (C=N–C) groups is 1. The van der Waals surface area contributed by atoms with Crippen molar-refractivity contribution in [2.75, 3.05) is 59.1 Å². The predicted octanol–water partition coefficient (Wildman–Crippen LogP) is 1.84. The molecule has 1 saturated heterocycles. The van der Waals surface area contributed by atoms with E-state index in [1.807, 2.05) is 0 Å². The molecule has 25 heavy (non-hydrogen) atoms. The van der Waals surface area contributed by atoms with E-state index >= 15 is 0 Å². The Balaban J connectivity index is 2.33. The maximum atomic E-state index is 9.35. The van der Waals surface area contributed by atoms with Gasteiger partial charge in [0.2, 0.25) is 0 Å². The lowest BCUT2D eigenvalue weighted by Crippen LogP contribution is -2.39. The highest BCUT2D eigenvalue weighted by Gasteiger charge is 2.25. The van der Waals surface area contributed by atoms with E-state index in [4.69, 9.17) is 9.73 Å². The number of unbranched alkanes of at least 4 members (excludes halogenated alkanes) is 1. The first-order valence-electron chi connectivity index (χ1n) is 10.1. The van der Waals surface area contributed by atoms with Crippen LogP contribution in [0.4, 0.5) is 0 Å². The van der Waals surface area contributed by atoms with Crippen molar-refractivity contribution in [3.63, 3.8) is 0 Å². The van der Waals surface area contributed by atoms with E-state index in [-0.39, 0.29) is 12.0 Å². The van der Waals surface area contributed by atoms with Gasteiger partial charge in [0.15, 0.2) is 5.96 Å². The molecular weight excluding hydrogens is 316 g/mol. The van der Waals surface area contributed by atoms with E-state index < -0.39 is 0 Å². The molecule has 1 aliphatic heterocycles. The van der Waals surface area contributed by atoms with Crippen LogP contribution in [0.1, 0.15) is 52.9 Å². The Bertz CT molecular complexity index is 353. The molecular formula is C19H40N4O2. The van der Waals surface area contributed by atoms with E-state index in [1.165, 1.54) is 6.42 Å². The topological polar surface area (TPSA) is 69.1 Å². The lowest BCUT2D eigenvalue weighted by atomic mass is 9.79. The van der Waals surface area contributed by atoms with Gasteiger partial charge >= 0.3 is 0 Å². The number of aliphatic hydroxyl groups excluding tert-OH is 1. The largest absolute Gasteiger partial charge is 0.396 e. The first kappa shape index (κ1) is 22.2. The summed E-state index contributed by atoms with van der Waals surface area (Å²) < 4.78 is 5.38. The van der Waals surface area contributed by atoms with Gasteiger partial charge in [0.05, 0.1) is 13.2 Å². The van der Waals surface area contributed by atoms with Crippen LogP contribution in [0.2, 0.25) is 0 Å². The SMILES string of the molecule is CCNC(=NCC(CC)(CC)CCO)NCCCCN1CCOCC1. The number of ether oxygens (including phenoxy) is 1. The summed E-state index contributed by atoms with van der Waals surface area (Å²) in [4.78, 5) is 7.27. The maximum absolute atomic E-state index is 9.35. The Kier molecular flexibility index (Phi) is 11.9. The molecule has 0 amide bonds. The summed E-state index contributed by atoms with van der Waals surface area (Å²) in [6.07, 6.45) is 5.26. The second kappa shape index (κ2) is 13.4. The number of guanidine groups is 1. The fraction of sp³-hybridized carbons (Fsp3) is 0.947. The molecule has 0 bridgehead atoms. The minimum atomic E-state index is 0.118. The Morgan fingerprint density at radius 1 is 1.12 bits per heavy atom. The number of hydrogen-bond donors (Lipinski definition) is 3. The highest BCUT2D eigenvalue weighted by atomic mass is 16.5. The number of hydrogen-bond acceptors (Lipinski definition) is 4. The van der Waals surface area contributed by atoms with Crippen molar-refractivity contribution in [3.05, 3.63) is 0 Å². The molecule has 6 heteroatoms. The van der Waals surface area contributed by atoms with Crippen molar-refractivity contribution in [2.45, 2.75) is 52.9 Å². The van der Waals surface area contributed by atoms with E-state index in [0.29, 0.717) is 0 Å². The van der Waals surface area contributed by atoms with Crippen molar-refractivity contribution in [3.8, 4) is 0 Å². The molecule has 0 saturated carbocycles. The van der Waals surface area contributed by atoms with Crippen LogP contribution >= 0.6 is 0 Å². The average molecular weight is 357 g/mol. The minimum absolute atomic E-state index is 0.118. The van der Waals surface area contributed by atoms with Gasteiger partial charge in [0, 0.05) is 39.3 Å². The number of morpholine rings is 1. The highest BCUT2D eigenvalue weighted by Crippen LogP contribution is 2.30. The number of aliphatic hydroxyl groups is 1. The standard InChI is InChI=1S/C19H40N4O2/c1-4-19(5-2,9-14-24)17-22-18(20-6-3)21-10-7-8-11-23-12-15-25-16-13-23/h24H,4-17H2,1-3H3,(H2,20,21,22). The molecule has 0 atom stereocenters. The van der Waals surface area contributed by atoms with Gasteiger partial charge in [0.25, 0.3) is 0 Å². The molecule has 0 aromatic carbocycles. The zero-order valence-electron chi connectivity index (χ0n) is 16.6. The van der Waals surface area contributed by atoms with E-state index in [9.17, 15) is 5.11 Å². The van der Waals surface area contributed by atoms with Crippen molar-refractivity contribution < 1.29 is 9.84 Å². The Morgan fingerprint density at radius 2 is 1.84 bits per heavy atom. The third-order valence-corrected chi connectivity index (χ3v) is 5.36. The van der Waals surface area contributed by atoms with Crippen molar-refractivity contribution in [1.82, 2.24) is 15.5 Å². The summed E-state index contributed by atoms with van der Waals surface area (Å²) in [7, 11) is 0. The molecule has 1 rings (SSSR count). The summed E-state index contributed by atoms with van der Waals surface area (Å²) >= 11 is 0. The average Bonchev–Trinajstić information content (AvgIpc) is 2.65. The van der Waals surface area contributed by atoms with Crippen molar-refractivity contribution >= 4 is 5.96 Å². The van der Waals surface area contributed by atoms with Gasteiger partial charge in [0.1, 0.15) is 0 Å². The predicted molar refractivity (Wildman–Crippen MR) is 105 cm³/mol. The van der Waals surface area contributed by atoms with Crippen LogP contribution in [-0.2, 0) is 4.74 Å². The zero-order chi connectivity index (χ0) is 18.4. The molecule has 148 valence electrons. The second-order valence-corrected chi connectivity index (χ2v) is 6.96. The molecule has 0 spiro atoms. The molecule has 0 unspecified atom stereocenters. The lowest BCUT2D eigenvalue weighted by Gasteiger charge is -2.29. The summed E-state index contributed by atoms with van der Waals surface area (Å²) in [6, 6.07) is 0. The second-order valence-electron chi connectivity index (χ2n) is 6.96. The first-order valence-corrected chi connectivity index (χ1v) is 10.1. The van der Waals surface area contributed by atoms with Crippen LogP contribution in [-0.4, -0.2) is 75.1 Å². The summed E-state index contributed by atoms with van der Waals surface area (Å²) in [5, 5.41) is 16.1. The van der Waals surface area contributed by atoms with Gasteiger partial charge in [-0.3, -0.25) is 9.89 Å². The third-order valence-electron chi connectivity index (χ3n) is 5.36. The fourth-order valence-electron chi connectivity index (χ4n) is 3.22. The maximum Gasteiger partial charge on any atom is 0.191 e. The quantitative estimate of drug-likeness (QED) is 0.283. The number of rotatable bonds is 12. The van der Waals surface area contributed by atoms with Gasteiger partial charge in [-0.05, 0) is 51.0 Å². The van der Waals surface area contributed by atoms with Crippen LogP contribution in [0.5, 0.6) is 0 Å². The molecule has 1 fully saturated rings. The van der Waals surface area contributed by atoms with Crippen LogP contribution in [0, 0.1) is 5.41 Å². The van der Waals surface area contributed by atoms with E-state index in [2.05, 4.69) is 36.3 Å². The Morgan fingerprint density at radius 3 is 2.44 bits per heavy atom. The Labute approximate surface area is 154 Å². The van der Waals surface area contributed by atoms with Crippen molar-refractivity contribution in [2.24, 2.45) is 10.4 Å². The van der Waals surface area contributed by atoms with E-state index in [0.717, 1.165) is 84.1 Å². The lowest BCUT2D eigenvalue weighted by molar-refractivity contribution is 0.0372.